The Labute approximate surface area is 150 Å². The molecule has 1 aliphatic heterocycles. The molecule has 25 heavy (non-hydrogen) atoms. The fraction of sp³-hybridized carbons (Fsp3) is 0.429. The molecule has 4 nitrogen and oxygen atoms in total. The van der Waals surface area contributed by atoms with Gasteiger partial charge in [0.05, 0.1) is 0 Å². The summed E-state index contributed by atoms with van der Waals surface area (Å²) in [7, 11) is 0. The van der Waals surface area contributed by atoms with E-state index in [1.807, 2.05) is 36.7 Å². The van der Waals surface area contributed by atoms with Crippen LogP contribution in [0.15, 0.2) is 48.8 Å². The van der Waals surface area contributed by atoms with Gasteiger partial charge in [-0.15, -0.1) is 0 Å². The third-order valence-electron chi connectivity index (χ3n) is 4.95. The summed E-state index contributed by atoms with van der Waals surface area (Å²) in [5.41, 5.74) is 3.23. The van der Waals surface area contributed by atoms with Crippen molar-refractivity contribution in [1.29, 1.82) is 0 Å². The lowest BCUT2D eigenvalue weighted by atomic mass is 9.97. The van der Waals surface area contributed by atoms with Crippen LogP contribution in [0, 0.1) is 5.92 Å². The Balaban J connectivity index is 1.52. The van der Waals surface area contributed by atoms with Crippen LogP contribution in [0.3, 0.4) is 0 Å². The third-order valence-corrected chi connectivity index (χ3v) is 4.95. The van der Waals surface area contributed by atoms with E-state index in [1.54, 1.807) is 0 Å². The van der Waals surface area contributed by atoms with E-state index in [2.05, 4.69) is 34.3 Å². The van der Waals surface area contributed by atoms with Gasteiger partial charge in [-0.25, -0.2) is 0 Å². The number of hydrogen-bond acceptors (Lipinski definition) is 3. The van der Waals surface area contributed by atoms with Gasteiger partial charge >= 0.3 is 0 Å². The number of piperidine rings is 1. The molecule has 1 N–H and O–H groups in total. The molecule has 2 heterocycles. The number of amides is 1. The Hall–Kier alpha value is -2.20. The summed E-state index contributed by atoms with van der Waals surface area (Å²) >= 11 is 0. The molecule has 0 radical (unpaired) electrons. The Morgan fingerprint density at radius 1 is 1.24 bits per heavy atom. The molecule has 1 aliphatic rings. The highest BCUT2D eigenvalue weighted by Gasteiger charge is 2.21. The van der Waals surface area contributed by atoms with Gasteiger partial charge in [-0.1, -0.05) is 25.1 Å². The van der Waals surface area contributed by atoms with E-state index in [0.717, 1.165) is 43.7 Å². The molecule has 1 aromatic carbocycles. The van der Waals surface area contributed by atoms with Gasteiger partial charge in [-0.05, 0) is 61.1 Å². The minimum absolute atomic E-state index is 0.0590. The van der Waals surface area contributed by atoms with E-state index in [-0.39, 0.29) is 5.91 Å². The lowest BCUT2D eigenvalue weighted by Gasteiger charge is -2.32. The number of aromatic nitrogens is 1. The molecule has 132 valence electrons. The molecule has 1 aromatic heterocycles. The number of nitrogens with zero attached hydrogens (tertiary/aromatic N) is 2. The number of hydrogen-bond donors (Lipinski definition) is 1. The molecular weight excluding hydrogens is 310 g/mol. The number of likely N-dealkylation sites (tertiary alicyclic amines) is 1. The highest BCUT2D eigenvalue weighted by Crippen LogP contribution is 2.18. The molecule has 1 unspecified atom stereocenters. The Kier molecular flexibility index (Phi) is 6.18. The average molecular weight is 337 g/mol. The molecule has 0 aliphatic carbocycles. The van der Waals surface area contributed by atoms with E-state index in [0.29, 0.717) is 5.92 Å². The van der Waals surface area contributed by atoms with Crippen molar-refractivity contribution in [2.45, 2.75) is 32.7 Å². The van der Waals surface area contributed by atoms with Gasteiger partial charge in [0, 0.05) is 37.6 Å². The van der Waals surface area contributed by atoms with Crippen molar-refractivity contribution in [3.05, 3.63) is 65.5 Å². The molecular formula is C21H27N3O. The van der Waals surface area contributed by atoms with Crippen molar-refractivity contribution in [2.24, 2.45) is 5.92 Å². The van der Waals surface area contributed by atoms with Crippen molar-refractivity contribution in [2.75, 3.05) is 19.6 Å². The fourth-order valence-electron chi connectivity index (χ4n) is 3.59. The number of carbonyl (C=O) groups is 1. The molecule has 2 aromatic rings. The monoisotopic (exact) mass is 337 g/mol. The van der Waals surface area contributed by atoms with Gasteiger partial charge in [0.15, 0.2) is 0 Å². The topological polar surface area (TPSA) is 45.2 Å². The maximum absolute atomic E-state index is 12.5. The highest BCUT2D eigenvalue weighted by molar-refractivity contribution is 5.95. The minimum atomic E-state index is 0.0590. The largest absolute Gasteiger partial charge is 0.352 e. The smallest absolute Gasteiger partial charge is 0.251 e. The zero-order chi connectivity index (χ0) is 17.5. The fourth-order valence-corrected chi connectivity index (χ4v) is 3.59. The van der Waals surface area contributed by atoms with Crippen molar-refractivity contribution >= 4 is 5.91 Å². The third kappa shape index (κ3) is 4.89. The van der Waals surface area contributed by atoms with Crippen LogP contribution in [0.2, 0.25) is 0 Å². The Bertz CT molecular complexity index is 687. The summed E-state index contributed by atoms with van der Waals surface area (Å²) in [5, 5.41) is 3.15. The number of benzene rings is 1. The van der Waals surface area contributed by atoms with Gasteiger partial charge in [-0.2, -0.15) is 0 Å². The first-order valence-corrected chi connectivity index (χ1v) is 9.23. The first-order chi connectivity index (χ1) is 12.3. The number of carbonyl (C=O) groups excluding carboxylic acids is 1. The summed E-state index contributed by atoms with van der Waals surface area (Å²) in [5.74, 6) is 0.581. The SMILES string of the molecule is CCc1ccccc1C(=O)NCC1CCCN(Cc2ccncc2)C1. The summed E-state index contributed by atoms with van der Waals surface area (Å²) in [4.78, 5) is 19.1. The molecule has 1 fully saturated rings. The van der Waals surface area contributed by atoms with Crippen molar-refractivity contribution < 1.29 is 4.79 Å². The van der Waals surface area contributed by atoms with Gasteiger partial charge < -0.3 is 5.32 Å². The van der Waals surface area contributed by atoms with Crippen LogP contribution in [-0.2, 0) is 13.0 Å². The van der Waals surface area contributed by atoms with E-state index in [4.69, 9.17) is 0 Å². The standard InChI is InChI=1S/C21H27N3O/c1-2-19-7-3-4-8-20(19)21(25)23-14-18-6-5-13-24(16-18)15-17-9-11-22-12-10-17/h3-4,7-12,18H,2,5-6,13-16H2,1H3,(H,23,25). The maximum Gasteiger partial charge on any atom is 0.251 e. The second-order valence-corrected chi connectivity index (χ2v) is 6.82. The van der Waals surface area contributed by atoms with Gasteiger partial charge in [0.2, 0.25) is 0 Å². The van der Waals surface area contributed by atoms with E-state index >= 15 is 0 Å². The predicted octanol–water partition coefficient (Wildman–Crippen LogP) is 3.29. The molecule has 0 spiro atoms. The van der Waals surface area contributed by atoms with Crippen LogP contribution >= 0.6 is 0 Å². The van der Waals surface area contributed by atoms with Gasteiger partial charge in [-0.3, -0.25) is 14.7 Å². The number of nitrogens with one attached hydrogen (secondary N) is 1. The first kappa shape index (κ1) is 17.6. The lowest BCUT2D eigenvalue weighted by Crippen LogP contribution is -2.40. The van der Waals surface area contributed by atoms with Gasteiger partial charge in [0.25, 0.3) is 5.91 Å². The quantitative estimate of drug-likeness (QED) is 0.880. The average Bonchev–Trinajstić information content (AvgIpc) is 2.67. The highest BCUT2D eigenvalue weighted by atomic mass is 16.1. The van der Waals surface area contributed by atoms with Crippen LogP contribution in [0.5, 0.6) is 0 Å². The van der Waals surface area contributed by atoms with Crippen LogP contribution in [-0.4, -0.2) is 35.4 Å². The Morgan fingerprint density at radius 3 is 2.84 bits per heavy atom. The number of aryl methyl sites for hydroxylation is 1. The van der Waals surface area contributed by atoms with Crippen LogP contribution in [0.1, 0.15) is 41.3 Å². The molecule has 0 bridgehead atoms. The summed E-state index contributed by atoms with van der Waals surface area (Å²) in [6.45, 7) is 5.98. The second kappa shape index (κ2) is 8.77. The van der Waals surface area contributed by atoms with E-state index < -0.39 is 0 Å². The van der Waals surface area contributed by atoms with Gasteiger partial charge in [0.1, 0.15) is 0 Å². The van der Waals surface area contributed by atoms with Crippen LogP contribution in [0.4, 0.5) is 0 Å². The lowest BCUT2D eigenvalue weighted by molar-refractivity contribution is 0.0929. The zero-order valence-corrected chi connectivity index (χ0v) is 14.9. The molecule has 3 rings (SSSR count). The van der Waals surface area contributed by atoms with E-state index in [9.17, 15) is 4.79 Å². The summed E-state index contributed by atoms with van der Waals surface area (Å²) < 4.78 is 0. The summed E-state index contributed by atoms with van der Waals surface area (Å²) in [6, 6.07) is 12.0. The molecule has 1 saturated heterocycles. The van der Waals surface area contributed by atoms with Crippen molar-refractivity contribution in [3.63, 3.8) is 0 Å². The van der Waals surface area contributed by atoms with Crippen LogP contribution < -0.4 is 5.32 Å². The van der Waals surface area contributed by atoms with Crippen molar-refractivity contribution in [3.8, 4) is 0 Å². The second-order valence-electron chi connectivity index (χ2n) is 6.82. The maximum atomic E-state index is 12.5. The molecule has 1 amide bonds. The molecule has 1 atom stereocenters. The Morgan fingerprint density at radius 2 is 2.04 bits per heavy atom. The van der Waals surface area contributed by atoms with Crippen LogP contribution in [0.25, 0.3) is 0 Å². The normalized spacial score (nSPS) is 18.0. The summed E-state index contributed by atoms with van der Waals surface area (Å²) in [6.07, 6.45) is 6.96. The zero-order valence-electron chi connectivity index (χ0n) is 14.9. The number of rotatable bonds is 6. The van der Waals surface area contributed by atoms with E-state index in [1.165, 1.54) is 18.4 Å². The predicted molar refractivity (Wildman–Crippen MR) is 100 cm³/mol. The first-order valence-electron chi connectivity index (χ1n) is 9.23. The molecule has 0 saturated carbocycles. The van der Waals surface area contributed by atoms with Crippen molar-refractivity contribution in [1.82, 2.24) is 15.2 Å². The molecule has 4 heteroatoms. The number of pyridine rings is 1. The minimum Gasteiger partial charge on any atom is -0.352 e.